The summed E-state index contributed by atoms with van der Waals surface area (Å²) in [5.41, 5.74) is -0.0539. The van der Waals surface area contributed by atoms with Crippen molar-refractivity contribution in [3.8, 4) is 0 Å². The molecular weight excluding hydrogens is 318 g/mol. The standard InChI is InChI=1S/C12H15NO6S2/c1-5(14)7-9(16)13-8(11(17)18)12(21-10(7)13)20-4-3-6(15)19-2/h5,7,10,14H,3-4H2,1-2H3,(H,17,18)/t5-,7+,10-/m1/s1. The van der Waals surface area contributed by atoms with Crippen LogP contribution in [0.3, 0.4) is 0 Å². The van der Waals surface area contributed by atoms with Crippen molar-refractivity contribution in [1.82, 2.24) is 4.90 Å². The minimum atomic E-state index is -1.18. The number of thioether (sulfide) groups is 2. The number of carbonyl (C=O) groups excluding carboxylic acids is 2. The fourth-order valence-electron chi connectivity index (χ4n) is 2.18. The summed E-state index contributed by atoms with van der Waals surface area (Å²) in [4.78, 5) is 35.6. The summed E-state index contributed by atoms with van der Waals surface area (Å²) >= 11 is 2.46. The molecule has 2 N–H and O–H groups in total. The van der Waals surface area contributed by atoms with Crippen molar-refractivity contribution in [3.05, 3.63) is 9.93 Å². The summed E-state index contributed by atoms with van der Waals surface area (Å²) in [6.07, 6.45) is -0.656. The third kappa shape index (κ3) is 2.90. The molecule has 0 aromatic rings. The normalized spacial score (nSPS) is 25.5. The Morgan fingerprint density at radius 2 is 2.19 bits per heavy atom. The van der Waals surface area contributed by atoms with Crippen LogP contribution in [0.1, 0.15) is 13.3 Å². The van der Waals surface area contributed by atoms with Gasteiger partial charge in [-0.3, -0.25) is 14.5 Å². The Morgan fingerprint density at radius 3 is 2.71 bits per heavy atom. The monoisotopic (exact) mass is 333 g/mol. The highest BCUT2D eigenvalue weighted by Gasteiger charge is 2.57. The molecule has 21 heavy (non-hydrogen) atoms. The van der Waals surface area contributed by atoms with E-state index in [0.29, 0.717) is 9.99 Å². The minimum Gasteiger partial charge on any atom is -0.477 e. The lowest BCUT2D eigenvalue weighted by atomic mass is 9.92. The van der Waals surface area contributed by atoms with Crippen molar-refractivity contribution in [2.75, 3.05) is 12.9 Å². The molecule has 0 aliphatic carbocycles. The number of methoxy groups -OCH3 is 1. The Kier molecular flexibility index (Phi) is 4.84. The second kappa shape index (κ2) is 6.29. The van der Waals surface area contributed by atoms with E-state index >= 15 is 0 Å². The van der Waals surface area contributed by atoms with Crippen LogP contribution in [0.15, 0.2) is 9.93 Å². The van der Waals surface area contributed by atoms with E-state index in [1.165, 1.54) is 42.5 Å². The van der Waals surface area contributed by atoms with Crippen molar-refractivity contribution in [1.29, 1.82) is 0 Å². The molecule has 2 rings (SSSR count). The Bertz CT molecular complexity index is 518. The molecule has 1 fully saturated rings. The number of β-lactam (4-membered cyclic amide) rings is 1. The first-order valence-electron chi connectivity index (χ1n) is 6.23. The lowest BCUT2D eigenvalue weighted by molar-refractivity contribution is -0.156. The topological polar surface area (TPSA) is 104 Å². The highest BCUT2D eigenvalue weighted by atomic mass is 32.2. The number of esters is 1. The number of aliphatic hydroxyl groups excluding tert-OH is 1. The van der Waals surface area contributed by atoms with Crippen LogP contribution in [0.2, 0.25) is 0 Å². The zero-order valence-electron chi connectivity index (χ0n) is 11.4. The molecule has 116 valence electrons. The summed E-state index contributed by atoms with van der Waals surface area (Å²) in [7, 11) is 1.29. The molecule has 2 heterocycles. The number of carboxylic acid groups (broad SMARTS) is 1. The first-order valence-corrected chi connectivity index (χ1v) is 8.10. The highest BCUT2D eigenvalue weighted by molar-refractivity contribution is 8.22. The molecule has 1 amide bonds. The van der Waals surface area contributed by atoms with Crippen molar-refractivity contribution in [2.45, 2.75) is 24.8 Å². The Balaban J connectivity index is 2.08. The van der Waals surface area contributed by atoms with Crippen molar-refractivity contribution in [3.63, 3.8) is 0 Å². The van der Waals surface area contributed by atoms with Crippen LogP contribution in [0.4, 0.5) is 0 Å². The van der Waals surface area contributed by atoms with Crippen molar-refractivity contribution >= 4 is 41.4 Å². The summed E-state index contributed by atoms with van der Waals surface area (Å²) in [6, 6.07) is 0. The van der Waals surface area contributed by atoms with Crippen molar-refractivity contribution < 1.29 is 29.3 Å². The van der Waals surface area contributed by atoms with E-state index in [1.54, 1.807) is 0 Å². The van der Waals surface area contributed by atoms with Gasteiger partial charge in [-0.2, -0.15) is 0 Å². The van der Waals surface area contributed by atoms with Gasteiger partial charge in [0, 0.05) is 5.75 Å². The van der Waals surface area contributed by atoms with E-state index < -0.39 is 18.0 Å². The zero-order valence-corrected chi connectivity index (χ0v) is 13.1. The van der Waals surface area contributed by atoms with E-state index in [2.05, 4.69) is 4.74 Å². The van der Waals surface area contributed by atoms with Crippen LogP contribution in [0, 0.1) is 5.92 Å². The predicted octanol–water partition coefficient (Wildman–Crippen LogP) is 0.448. The first kappa shape index (κ1) is 16.2. The van der Waals surface area contributed by atoms with Crippen LogP contribution in [-0.4, -0.2) is 57.3 Å². The molecule has 0 unspecified atom stereocenters. The molecule has 0 aromatic heterocycles. The minimum absolute atomic E-state index is 0.0539. The fraction of sp³-hybridized carbons (Fsp3) is 0.583. The first-order chi connectivity index (χ1) is 9.88. The number of nitrogens with zero attached hydrogens (tertiary/aromatic N) is 1. The highest BCUT2D eigenvalue weighted by Crippen LogP contribution is 2.53. The Morgan fingerprint density at radius 1 is 1.52 bits per heavy atom. The number of carboxylic acids is 1. The molecule has 1 saturated heterocycles. The maximum atomic E-state index is 11.9. The van der Waals surface area contributed by atoms with E-state index in [1.807, 2.05) is 0 Å². The third-order valence-corrected chi connectivity index (χ3v) is 5.89. The van der Waals surface area contributed by atoms with Gasteiger partial charge in [0.15, 0.2) is 5.70 Å². The largest absolute Gasteiger partial charge is 0.477 e. The molecule has 0 aromatic carbocycles. The second-order valence-electron chi connectivity index (χ2n) is 4.60. The summed E-state index contributed by atoms with van der Waals surface area (Å²) in [6.45, 7) is 1.52. The number of rotatable bonds is 6. The molecule has 0 radical (unpaired) electrons. The molecule has 2 aliphatic heterocycles. The van der Waals surface area contributed by atoms with Gasteiger partial charge in [0.1, 0.15) is 5.37 Å². The number of hydrogen-bond acceptors (Lipinski definition) is 7. The second-order valence-corrected chi connectivity index (χ2v) is 7.09. The number of aliphatic hydroxyl groups is 1. The lowest BCUT2D eigenvalue weighted by Crippen LogP contribution is -2.60. The number of hydrogen-bond donors (Lipinski definition) is 2. The number of ether oxygens (including phenoxy) is 1. The molecule has 2 aliphatic rings. The molecule has 0 bridgehead atoms. The summed E-state index contributed by atoms with van der Waals surface area (Å²) in [5, 5.41) is 18.5. The van der Waals surface area contributed by atoms with Crippen LogP contribution in [0.5, 0.6) is 0 Å². The van der Waals surface area contributed by atoms with Crippen LogP contribution < -0.4 is 0 Å². The van der Waals surface area contributed by atoms with Gasteiger partial charge in [0.05, 0.1) is 29.8 Å². The van der Waals surface area contributed by atoms with Crippen LogP contribution in [0.25, 0.3) is 0 Å². The quantitative estimate of drug-likeness (QED) is 0.533. The average Bonchev–Trinajstić information content (AvgIpc) is 2.72. The van der Waals surface area contributed by atoms with Gasteiger partial charge in [0.2, 0.25) is 5.91 Å². The Hall–Kier alpha value is -1.19. The van der Waals surface area contributed by atoms with Gasteiger partial charge in [-0.25, -0.2) is 4.79 Å². The lowest BCUT2D eigenvalue weighted by Gasteiger charge is -2.43. The predicted molar refractivity (Wildman–Crippen MR) is 77.1 cm³/mol. The smallest absolute Gasteiger partial charge is 0.354 e. The maximum absolute atomic E-state index is 11.9. The SMILES string of the molecule is COC(=O)CCSC1=C(C(=O)O)N2C(=O)[C@H]([C@@H](C)O)[C@H]2S1. The van der Waals surface area contributed by atoms with Crippen LogP contribution >= 0.6 is 23.5 Å². The number of aliphatic carboxylic acids is 1. The molecule has 0 spiro atoms. The van der Waals surface area contributed by atoms with Gasteiger partial charge < -0.3 is 14.9 Å². The molecule has 9 heteroatoms. The van der Waals surface area contributed by atoms with E-state index in [4.69, 9.17) is 0 Å². The van der Waals surface area contributed by atoms with Gasteiger partial charge in [-0.1, -0.05) is 11.8 Å². The van der Waals surface area contributed by atoms with Gasteiger partial charge in [-0.05, 0) is 6.92 Å². The number of amides is 1. The maximum Gasteiger partial charge on any atom is 0.354 e. The zero-order chi connectivity index (χ0) is 15.7. The van der Waals surface area contributed by atoms with E-state index in [-0.39, 0.29) is 29.4 Å². The molecule has 3 atom stereocenters. The Labute approximate surface area is 129 Å². The molecule has 7 nitrogen and oxygen atoms in total. The third-order valence-electron chi connectivity index (χ3n) is 3.24. The summed E-state index contributed by atoms with van der Waals surface area (Å²) in [5.74, 6) is -2.13. The van der Waals surface area contributed by atoms with Gasteiger partial charge in [0.25, 0.3) is 0 Å². The fourth-order valence-corrected chi connectivity index (χ4v) is 5.10. The average molecular weight is 333 g/mol. The van der Waals surface area contributed by atoms with E-state index in [9.17, 15) is 24.6 Å². The molecular formula is C12H15NO6S2. The van der Waals surface area contributed by atoms with Crippen LogP contribution in [-0.2, 0) is 19.1 Å². The van der Waals surface area contributed by atoms with Gasteiger partial charge in [-0.15, -0.1) is 11.8 Å². The van der Waals surface area contributed by atoms with Gasteiger partial charge >= 0.3 is 11.9 Å². The molecule has 0 saturated carbocycles. The van der Waals surface area contributed by atoms with E-state index in [0.717, 1.165) is 0 Å². The number of fused-ring (bicyclic) bond motifs is 1. The van der Waals surface area contributed by atoms with Crippen molar-refractivity contribution in [2.24, 2.45) is 5.92 Å². The summed E-state index contributed by atoms with van der Waals surface area (Å²) < 4.78 is 5.01. The number of carbonyl (C=O) groups is 3.